The number of ketones is 1. The Hall–Kier alpha value is -2.68. The van der Waals surface area contributed by atoms with Gasteiger partial charge in [0.1, 0.15) is 11.7 Å². The molecular weight excluding hydrogens is 378 g/mol. The maximum absolute atomic E-state index is 12.3. The average Bonchev–Trinajstić information content (AvgIpc) is 3.18. The molecule has 158 valence electrons. The van der Waals surface area contributed by atoms with Gasteiger partial charge in [0.25, 0.3) is 0 Å². The van der Waals surface area contributed by atoms with Crippen LogP contribution in [0.5, 0.6) is 0 Å². The average molecular weight is 408 g/mol. The van der Waals surface area contributed by atoms with E-state index in [1.54, 1.807) is 0 Å². The molecule has 6 heteroatoms. The van der Waals surface area contributed by atoms with E-state index in [1.807, 2.05) is 6.07 Å². The second-order valence-electron chi connectivity index (χ2n) is 8.71. The molecule has 6 nitrogen and oxygen atoms in total. The van der Waals surface area contributed by atoms with Crippen LogP contribution in [-0.2, 0) is 26.2 Å². The minimum Gasteiger partial charge on any atom is -0.468 e. The number of nitrogens with zero attached hydrogens (tertiary/aromatic N) is 3. The third-order valence-corrected chi connectivity index (χ3v) is 7.03. The first kappa shape index (κ1) is 20.6. The Morgan fingerprint density at radius 2 is 2.10 bits per heavy atom. The fraction of sp³-hybridized carbons (Fsp3) is 0.583. The first-order valence-corrected chi connectivity index (χ1v) is 11.1. The van der Waals surface area contributed by atoms with Crippen LogP contribution in [0.4, 0.5) is 0 Å². The highest BCUT2D eigenvalue weighted by molar-refractivity contribution is 6.00. The number of rotatable bonds is 4. The van der Waals surface area contributed by atoms with Gasteiger partial charge in [-0.1, -0.05) is 38.3 Å². The van der Waals surface area contributed by atoms with Crippen LogP contribution >= 0.6 is 0 Å². The highest BCUT2D eigenvalue weighted by atomic mass is 16.5. The number of benzene rings is 1. The molecule has 2 aromatic rings. The fourth-order valence-corrected chi connectivity index (χ4v) is 5.23. The fourth-order valence-electron chi connectivity index (χ4n) is 5.23. The van der Waals surface area contributed by atoms with Crippen LogP contribution in [0.2, 0.25) is 0 Å². The number of nitriles is 1. The molecule has 0 saturated heterocycles. The summed E-state index contributed by atoms with van der Waals surface area (Å²) in [6.07, 6.45) is 7.67. The molecule has 1 heterocycles. The Bertz CT molecular complexity index is 1000. The molecule has 4 rings (SSSR count). The van der Waals surface area contributed by atoms with Gasteiger partial charge in [0.2, 0.25) is 0 Å². The van der Waals surface area contributed by atoms with Gasteiger partial charge >= 0.3 is 5.97 Å². The summed E-state index contributed by atoms with van der Waals surface area (Å²) < 4.78 is 7.01. The van der Waals surface area contributed by atoms with E-state index in [-0.39, 0.29) is 18.6 Å². The SMILES string of the molecule is CCc1nn(C2CCCCC2)c2cc(C3(C#N)CCC(=O)C(C(=O)OC)C3)ccc12. The minimum atomic E-state index is -0.867. The van der Waals surface area contributed by atoms with Gasteiger partial charge in [0, 0.05) is 11.8 Å². The van der Waals surface area contributed by atoms with Crippen LogP contribution in [0.25, 0.3) is 10.9 Å². The monoisotopic (exact) mass is 407 g/mol. The second kappa shape index (κ2) is 8.22. The van der Waals surface area contributed by atoms with Crippen molar-refractivity contribution in [3.8, 4) is 6.07 Å². The number of fused-ring (bicyclic) bond motifs is 1. The lowest BCUT2D eigenvalue weighted by atomic mass is 9.66. The first-order chi connectivity index (χ1) is 14.5. The van der Waals surface area contributed by atoms with E-state index in [0.29, 0.717) is 12.5 Å². The Morgan fingerprint density at radius 3 is 2.77 bits per heavy atom. The quantitative estimate of drug-likeness (QED) is 0.554. The van der Waals surface area contributed by atoms with Crippen LogP contribution < -0.4 is 0 Å². The highest BCUT2D eigenvalue weighted by Crippen LogP contribution is 2.42. The number of carbonyl (C=O) groups is 2. The number of hydrogen-bond acceptors (Lipinski definition) is 5. The van der Waals surface area contributed by atoms with E-state index >= 15 is 0 Å². The predicted molar refractivity (Wildman–Crippen MR) is 113 cm³/mol. The smallest absolute Gasteiger partial charge is 0.316 e. The zero-order valence-corrected chi connectivity index (χ0v) is 17.8. The molecule has 1 aromatic carbocycles. The van der Waals surface area contributed by atoms with Gasteiger partial charge in [-0.3, -0.25) is 14.3 Å². The van der Waals surface area contributed by atoms with E-state index in [0.717, 1.165) is 41.4 Å². The van der Waals surface area contributed by atoms with Gasteiger partial charge in [-0.2, -0.15) is 10.4 Å². The number of hydrogen-bond donors (Lipinski definition) is 0. The van der Waals surface area contributed by atoms with Crippen molar-refractivity contribution in [2.45, 2.75) is 76.2 Å². The molecule has 2 atom stereocenters. The minimum absolute atomic E-state index is 0.130. The molecule has 0 aliphatic heterocycles. The Balaban J connectivity index is 1.79. The normalized spacial score (nSPS) is 25.2. The van der Waals surface area contributed by atoms with Crippen molar-refractivity contribution in [3.63, 3.8) is 0 Å². The topological polar surface area (TPSA) is 85.0 Å². The molecule has 0 spiro atoms. The van der Waals surface area contributed by atoms with Crippen molar-refractivity contribution < 1.29 is 14.3 Å². The summed E-state index contributed by atoms with van der Waals surface area (Å²) in [7, 11) is 1.29. The number of methoxy groups -OCH3 is 1. The van der Waals surface area contributed by atoms with Crippen molar-refractivity contribution in [3.05, 3.63) is 29.5 Å². The lowest BCUT2D eigenvalue weighted by Gasteiger charge is -2.34. The van der Waals surface area contributed by atoms with Crippen molar-refractivity contribution in [1.82, 2.24) is 9.78 Å². The van der Waals surface area contributed by atoms with Crippen LogP contribution in [0.1, 0.15) is 75.6 Å². The zero-order valence-electron chi connectivity index (χ0n) is 17.8. The molecule has 2 fully saturated rings. The van der Waals surface area contributed by atoms with Gasteiger partial charge in [-0.05, 0) is 43.7 Å². The predicted octanol–water partition coefficient (Wildman–Crippen LogP) is 4.41. The molecule has 2 unspecified atom stereocenters. The molecule has 0 N–H and O–H groups in total. The molecule has 0 bridgehead atoms. The van der Waals surface area contributed by atoms with E-state index in [2.05, 4.69) is 29.8 Å². The van der Waals surface area contributed by atoms with Crippen LogP contribution in [0.15, 0.2) is 18.2 Å². The van der Waals surface area contributed by atoms with Gasteiger partial charge in [0.15, 0.2) is 0 Å². The summed E-state index contributed by atoms with van der Waals surface area (Å²) in [6, 6.07) is 8.99. The van der Waals surface area contributed by atoms with Gasteiger partial charge in [-0.25, -0.2) is 0 Å². The highest BCUT2D eigenvalue weighted by Gasteiger charge is 2.45. The summed E-state index contributed by atoms with van der Waals surface area (Å²) >= 11 is 0. The maximum Gasteiger partial charge on any atom is 0.316 e. The summed E-state index contributed by atoms with van der Waals surface area (Å²) in [5.74, 6) is -1.54. The Labute approximate surface area is 177 Å². The Morgan fingerprint density at radius 1 is 1.33 bits per heavy atom. The van der Waals surface area contributed by atoms with Crippen molar-refractivity contribution in [1.29, 1.82) is 5.26 Å². The molecule has 30 heavy (non-hydrogen) atoms. The largest absolute Gasteiger partial charge is 0.468 e. The summed E-state index contributed by atoms with van der Waals surface area (Å²) in [4.78, 5) is 24.5. The third kappa shape index (κ3) is 3.40. The van der Waals surface area contributed by atoms with Crippen LogP contribution in [0.3, 0.4) is 0 Å². The summed E-state index contributed by atoms with van der Waals surface area (Å²) in [5, 5.41) is 16.2. The van der Waals surface area contributed by atoms with Gasteiger partial charge in [-0.15, -0.1) is 0 Å². The van der Waals surface area contributed by atoms with Crippen molar-refractivity contribution >= 4 is 22.7 Å². The number of aromatic nitrogens is 2. The van der Waals surface area contributed by atoms with E-state index in [9.17, 15) is 14.9 Å². The standard InChI is InChI=1S/C24H29N3O3/c1-3-20-18-10-9-16(13-21(18)27(26-20)17-7-5-4-6-8-17)24(15-25)12-11-22(28)19(14-24)23(29)30-2/h9-10,13,17,19H,3-8,11-12,14H2,1-2H3. The molecule has 0 radical (unpaired) electrons. The van der Waals surface area contributed by atoms with Crippen molar-refractivity contribution in [2.75, 3.05) is 7.11 Å². The van der Waals surface area contributed by atoms with Gasteiger partial charge in [0.05, 0.1) is 35.8 Å². The summed E-state index contributed by atoms with van der Waals surface area (Å²) in [6.45, 7) is 2.12. The molecule has 2 saturated carbocycles. The van der Waals surface area contributed by atoms with E-state index < -0.39 is 17.3 Å². The first-order valence-electron chi connectivity index (χ1n) is 11.1. The number of carbonyl (C=O) groups excluding carboxylic acids is 2. The number of ether oxygens (including phenoxy) is 1. The summed E-state index contributed by atoms with van der Waals surface area (Å²) in [5.41, 5.74) is 2.16. The molecular formula is C24H29N3O3. The number of aryl methyl sites for hydroxylation is 1. The molecule has 2 aliphatic carbocycles. The zero-order chi connectivity index (χ0) is 21.3. The van der Waals surface area contributed by atoms with Crippen molar-refractivity contribution in [2.24, 2.45) is 5.92 Å². The van der Waals surface area contributed by atoms with E-state index in [1.165, 1.54) is 26.4 Å². The number of Topliss-reactive ketones (excluding diaryl/α,β-unsaturated/α-hetero) is 1. The molecule has 0 amide bonds. The maximum atomic E-state index is 12.3. The van der Waals surface area contributed by atoms with Crippen LogP contribution in [0, 0.1) is 17.2 Å². The Kier molecular flexibility index (Phi) is 5.64. The van der Waals surface area contributed by atoms with E-state index in [4.69, 9.17) is 9.84 Å². The van der Waals surface area contributed by atoms with Crippen LogP contribution in [-0.4, -0.2) is 28.6 Å². The lowest BCUT2D eigenvalue weighted by molar-refractivity contribution is -0.151. The lowest BCUT2D eigenvalue weighted by Crippen LogP contribution is -2.40. The molecule has 1 aromatic heterocycles. The van der Waals surface area contributed by atoms with Gasteiger partial charge < -0.3 is 4.74 Å². The third-order valence-electron chi connectivity index (χ3n) is 7.03. The molecule has 2 aliphatic rings. The second-order valence-corrected chi connectivity index (χ2v) is 8.71. The number of esters is 1.